The van der Waals surface area contributed by atoms with Crippen molar-refractivity contribution in [1.29, 1.82) is 0 Å². The number of nitrogens with zero attached hydrogens (tertiary/aromatic N) is 1. The van der Waals surface area contributed by atoms with Gasteiger partial charge in [0.2, 0.25) is 5.91 Å². The average molecular weight is 574 g/mol. The fourth-order valence-corrected chi connectivity index (χ4v) is 4.75. The molecule has 2 aromatic rings. The molecule has 0 saturated heterocycles. The number of halogens is 1. The number of hydrogen-bond acceptors (Lipinski definition) is 7. The van der Waals surface area contributed by atoms with Crippen molar-refractivity contribution in [3.05, 3.63) is 74.3 Å². The molecule has 0 aromatic heterocycles. The summed E-state index contributed by atoms with van der Waals surface area (Å²) in [6.07, 6.45) is 2.56. The van der Waals surface area contributed by atoms with Crippen LogP contribution in [0.25, 0.3) is 6.08 Å². The topological polar surface area (TPSA) is 94.4 Å². The molecule has 9 heteroatoms. The van der Waals surface area contributed by atoms with Gasteiger partial charge in [0.1, 0.15) is 23.0 Å². The Morgan fingerprint density at radius 2 is 1.78 bits per heavy atom. The van der Waals surface area contributed by atoms with E-state index in [-0.39, 0.29) is 35.3 Å². The van der Waals surface area contributed by atoms with Gasteiger partial charge < -0.3 is 19.3 Å². The number of aliphatic hydroxyl groups is 1. The second-order valence-electron chi connectivity index (χ2n) is 7.64. The molecular weight excluding hydrogens is 546 g/mol. The molecule has 1 N–H and O–H groups in total. The van der Waals surface area contributed by atoms with Gasteiger partial charge in [-0.15, -0.1) is 0 Å². The first kappa shape index (κ1) is 27.5. The van der Waals surface area contributed by atoms with Gasteiger partial charge in [-0.3, -0.25) is 4.79 Å². The molecule has 3 rings (SSSR count). The monoisotopic (exact) mass is 573 g/mol. The summed E-state index contributed by atoms with van der Waals surface area (Å²) in [4.78, 5) is 29.1. The molecule has 0 unspecified atom stereocenters. The standard InChI is InChI=1S/C27H28BrNO6S/c1-4-10-23(30)29-26-24(27(32)34-6-3)25(31)22(36-26)14-18-13-20(33-5-2)21(15-19(18)28)35-16-17-11-8-7-9-12-17/h7-9,11-15,31H,4-6,10,16H2,1-3H3/b22-14-,29-26?. The lowest BCUT2D eigenvalue weighted by Gasteiger charge is -2.14. The van der Waals surface area contributed by atoms with E-state index in [1.54, 1.807) is 25.1 Å². The van der Waals surface area contributed by atoms with Crippen LogP contribution in [0.1, 0.15) is 44.7 Å². The number of aliphatic imine (C=N–C) groups is 1. The molecule has 1 amide bonds. The smallest absolute Gasteiger partial charge is 0.344 e. The van der Waals surface area contributed by atoms with Crippen LogP contribution in [-0.2, 0) is 20.9 Å². The third kappa shape index (κ3) is 7.01. The Hall–Kier alpha value is -3.04. The first-order chi connectivity index (χ1) is 17.4. The Morgan fingerprint density at radius 3 is 2.44 bits per heavy atom. The summed E-state index contributed by atoms with van der Waals surface area (Å²) in [7, 11) is 0. The van der Waals surface area contributed by atoms with E-state index in [1.807, 2.05) is 44.2 Å². The molecule has 0 bridgehead atoms. The molecule has 0 spiro atoms. The third-order valence-corrected chi connectivity index (χ3v) is 6.65. The maximum atomic E-state index is 12.5. The molecule has 0 aliphatic carbocycles. The Kier molecular flexibility index (Phi) is 10.2. The van der Waals surface area contributed by atoms with Gasteiger partial charge in [-0.25, -0.2) is 9.79 Å². The quantitative estimate of drug-likeness (QED) is 0.319. The van der Waals surface area contributed by atoms with E-state index in [1.165, 1.54) is 0 Å². The van der Waals surface area contributed by atoms with Crippen molar-refractivity contribution in [1.82, 2.24) is 0 Å². The van der Waals surface area contributed by atoms with E-state index in [0.29, 0.717) is 46.1 Å². The fraction of sp³-hybridized carbons (Fsp3) is 0.296. The predicted octanol–water partition coefficient (Wildman–Crippen LogP) is 6.61. The van der Waals surface area contributed by atoms with Gasteiger partial charge in [0.05, 0.1) is 18.1 Å². The van der Waals surface area contributed by atoms with Crippen LogP contribution < -0.4 is 9.47 Å². The number of aliphatic hydroxyl groups excluding tert-OH is 1. The van der Waals surface area contributed by atoms with Crippen molar-refractivity contribution < 1.29 is 28.9 Å². The maximum Gasteiger partial charge on any atom is 0.344 e. The summed E-state index contributed by atoms with van der Waals surface area (Å²) in [5.74, 6) is -0.278. The Balaban J connectivity index is 1.96. The zero-order chi connectivity index (χ0) is 26.1. The number of benzene rings is 2. The summed E-state index contributed by atoms with van der Waals surface area (Å²) >= 11 is 4.61. The van der Waals surface area contributed by atoms with Gasteiger partial charge in [-0.2, -0.15) is 0 Å². The number of esters is 1. The number of carbonyl (C=O) groups excluding carboxylic acids is 2. The minimum Gasteiger partial charge on any atom is -0.506 e. The lowest BCUT2D eigenvalue weighted by Crippen LogP contribution is -2.14. The highest BCUT2D eigenvalue weighted by molar-refractivity contribution is 9.10. The van der Waals surface area contributed by atoms with Crippen LogP contribution >= 0.6 is 27.7 Å². The number of rotatable bonds is 10. The molecule has 0 atom stereocenters. The van der Waals surface area contributed by atoms with E-state index >= 15 is 0 Å². The summed E-state index contributed by atoms with van der Waals surface area (Å²) < 4.78 is 17.6. The van der Waals surface area contributed by atoms with Gasteiger partial charge in [0.25, 0.3) is 0 Å². The van der Waals surface area contributed by atoms with E-state index in [4.69, 9.17) is 14.2 Å². The van der Waals surface area contributed by atoms with E-state index < -0.39 is 5.97 Å². The van der Waals surface area contributed by atoms with Crippen LogP contribution in [0.15, 0.2) is 68.2 Å². The van der Waals surface area contributed by atoms with Gasteiger partial charge in [0, 0.05) is 10.9 Å². The largest absolute Gasteiger partial charge is 0.506 e. The normalized spacial score (nSPS) is 15.4. The van der Waals surface area contributed by atoms with Crippen LogP contribution in [0, 0.1) is 0 Å². The summed E-state index contributed by atoms with van der Waals surface area (Å²) in [6.45, 7) is 6.35. The lowest BCUT2D eigenvalue weighted by molar-refractivity contribution is -0.138. The molecule has 36 heavy (non-hydrogen) atoms. The van der Waals surface area contributed by atoms with Crippen molar-refractivity contribution in [2.45, 2.75) is 40.2 Å². The summed E-state index contributed by atoms with van der Waals surface area (Å²) in [5.41, 5.74) is 1.60. The minimum atomic E-state index is -0.729. The maximum absolute atomic E-state index is 12.5. The molecule has 1 heterocycles. The summed E-state index contributed by atoms with van der Waals surface area (Å²) in [6, 6.07) is 13.4. The second kappa shape index (κ2) is 13.3. The number of ether oxygens (including phenoxy) is 3. The number of thioether (sulfide) groups is 1. The molecule has 1 aliphatic rings. The molecule has 0 fully saturated rings. The van der Waals surface area contributed by atoms with Gasteiger partial charge in [-0.05, 0) is 49.6 Å². The van der Waals surface area contributed by atoms with Crippen LogP contribution in [0.2, 0.25) is 0 Å². The van der Waals surface area contributed by atoms with Crippen LogP contribution in [0.5, 0.6) is 11.5 Å². The zero-order valence-corrected chi connectivity index (χ0v) is 22.8. The molecular formula is C27H28BrNO6S. The molecule has 7 nitrogen and oxygen atoms in total. The van der Waals surface area contributed by atoms with Crippen molar-refractivity contribution in [3.63, 3.8) is 0 Å². The third-order valence-electron chi connectivity index (χ3n) is 4.95. The molecule has 2 aromatic carbocycles. The van der Waals surface area contributed by atoms with Gasteiger partial charge >= 0.3 is 5.97 Å². The molecule has 0 saturated carbocycles. The number of carbonyl (C=O) groups is 2. The van der Waals surface area contributed by atoms with Crippen molar-refractivity contribution >= 4 is 50.7 Å². The highest BCUT2D eigenvalue weighted by atomic mass is 79.9. The Bertz CT molecular complexity index is 1210. The summed E-state index contributed by atoms with van der Waals surface area (Å²) in [5, 5.41) is 11.0. The Morgan fingerprint density at radius 1 is 1.06 bits per heavy atom. The van der Waals surface area contributed by atoms with Crippen LogP contribution in [-0.4, -0.2) is 35.2 Å². The van der Waals surface area contributed by atoms with E-state index in [0.717, 1.165) is 17.3 Å². The fourth-order valence-electron chi connectivity index (χ4n) is 3.29. The van der Waals surface area contributed by atoms with Crippen LogP contribution in [0.4, 0.5) is 0 Å². The highest BCUT2D eigenvalue weighted by Gasteiger charge is 2.34. The Labute approximate surface area is 223 Å². The van der Waals surface area contributed by atoms with Crippen molar-refractivity contribution in [3.8, 4) is 11.5 Å². The van der Waals surface area contributed by atoms with Crippen molar-refractivity contribution in [2.75, 3.05) is 13.2 Å². The van der Waals surface area contributed by atoms with Gasteiger partial charge in [0.15, 0.2) is 11.5 Å². The highest BCUT2D eigenvalue weighted by Crippen LogP contribution is 2.42. The molecule has 190 valence electrons. The van der Waals surface area contributed by atoms with Gasteiger partial charge in [-0.1, -0.05) is 64.9 Å². The zero-order valence-electron chi connectivity index (χ0n) is 20.4. The minimum absolute atomic E-state index is 0.110. The first-order valence-corrected chi connectivity index (χ1v) is 13.2. The predicted molar refractivity (Wildman–Crippen MR) is 145 cm³/mol. The van der Waals surface area contributed by atoms with Crippen LogP contribution in [0.3, 0.4) is 0 Å². The average Bonchev–Trinajstić information content (AvgIpc) is 3.15. The lowest BCUT2D eigenvalue weighted by atomic mass is 10.1. The van der Waals surface area contributed by atoms with Crippen molar-refractivity contribution in [2.24, 2.45) is 4.99 Å². The molecule has 1 aliphatic heterocycles. The first-order valence-electron chi connectivity index (χ1n) is 11.6. The molecule has 0 radical (unpaired) electrons. The van der Waals surface area contributed by atoms with E-state index in [9.17, 15) is 14.7 Å². The SMILES string of the molecule is CCCC(=O)N=C1S/C(=C\c2cc(OCC)c(OCc3ccccc3)cc2Br)C(O)=C1C(=O)OCC. The number of amides is 1. The van der Waals surface area contributed by atoms with E-state index in [2.05, 4.69) is 20.9 Å². The second-order valence-corrected chi connectivity index (χ2v) is 9.53. The number of hydrogen-bond donors (Lipinski definition) is 1.